The molecule has 0 bridgehead atoms. The summed E-state index contributed by atoms with van der Waals surface area (Å²) in [5.74, 6) is -2.18. The third-order valence-corrected chi connectivity index (χ3v) is 3.57. The van der Waals surface area contributed by atoms with Crippen molar-refractivity contribution in [3.63, 3.8) is 0 Å². The lowest BCUT2D eigenvalue weighted by Gasteiger charge is -2.28. The second-order valence-electron chi connectivity index (χ2n) is 5.07. The number of ether oxygens (including phenoxy) is 1. The van der Waals surface area contributed by atoms with Crippen molar-refractivity contribution in [2.24, 2.45) is 0 Å². The molecule has 23 heavy (non-hydrogen) atoms. The molecule has 0 saturated carbocycles. The molecule has 1 heterocycles. The van der Waals surface area contributed by atoms with Crippen molar-refractivity contribution in [2.45, 2.75) is 24.9 Å². The molecule has 1 fully saturated rings. The van der Waals surface area contributed by atoms with Gasteiger partial charge in [-0.1, -0.05) is 18.7 Å². The van der Waals surface area contributed by atoms with Gasteiger partial charge in [-0.05, 0) is 12.1 Å². The Kier molecular flexibility index (Phi) is 5.03. The van der Waals surface area contributed by atoms with Gasteiger partial charge in [-0.2, -0.15) is 13.2 Å². The SMILES string of the molecule is C=CC(=O)N(Cc1cccc(C(F)(F)F)c1F)[C@@H]1COC[C@H]1F. The maximum Gasteiger partial charge on any atom is 0.419 e. The number of hydrogen-bond donors (Lipinski definition) is 0. The molecule has 126 valence electrons. The minimum Gasteiger partial charge on any atom is -0.376 e. The first-order chi connectivity index (χ1) is 10.8. The first-order valence-corrected chi connectivity index (χ1v) is 6.75. The summed E-state index contributed by atoms with van der Waals surface area (Å²) >= 11 is 0. The summed E-state index contributed by atoms with van der Waals surface area (Å²) < 4.78 is 71.0. The average molecular weight is 335 g/mol. The number of benzene rings is 1. The highest BCUT2D eigenvalue weighted by molar-refractivity contribution is 5.87. The van der Waals surface area contributed by atoms with E-state index in [0.29, 0.717) is 6.07 Å². The molecule has 2 rings (SSSR count). The van der Waals surface area contributed by atoms with Gasteiger partial charge in [-0.15, -0.1) is 0 Å². The van der Waals surface area contributed by atoms with E-state index in [1.807, 2.05) is 0 Å². The lowest BCUT2D eigenvalue weighted by molar-refractivity contribution is -0.140. The Bertz CT molecular complexity index is 602. The Morgan fingerprint density at radius 1 is 1.39 bits per heavy atom. The monoisotopic (exact) mass is 335 g/mol. The zero-order valence-electron chi connectivity index (χ0n) is 11.9. The third-order valence-electron chi connectivity index (χ3n) is 3.57. The van der Waals surface area contributed by atoms with Crippen LogP contribution in [0.5, 0.6) is 0 Å². The first-order valence-electron chi connectivity index (χ1n) is 6.75. The van der Waals surface area contributed by atoms with Crippen LogP contribution in [0.3, 0.4) is 0 Å². The molecule has 1 aliphatic rings. The van der Waals surface area contributed by atoms with E-state index < -0.39 is 42.2 Å². The fourth-order valence-electron chi connectivity index (χ4n) is 2.38. The predicted octanol–water partition coefficient (Wildman–Crippen LogP) is 3.10. The van der Waals surface area contributed by atoms with E-state index in [0.717, 1.165) is 23.1 Å². The fraction of sp³-hybridized carbons (Fsp3) is 0.400. The molecule has 8 heteroatoms. The van der Waals surface area contributed by atoms with E-state index in [1.54, 1.807) is 0 Å². The number of rotatable bonds is 4. The Morgan fingerprint density at radius 2 is 2.09 bits per heavy atom. The number of hydrogen-bond acceptors (Lipinski definition) is 2. The molecule has 3 nitrogen and oxygen atoms in total. The summed E-state index contributed by atoms with van der Waals surface area (Å²) in [6.45, 7) is 2.43. The number of carbonyl (C=O) groups is 1. The number of halogens is 5. The van der Waals surface area contributed by atoms with Crippen LogP contribution in [0.2, 0.25) is 0 Å². The molecule has 0 aliphatic carbocycles. The highest BCUT2D eigenvalue weighted by atomic mass is 19.4. The summed E-state index contributed by atoms with van der Waals surface area (Å²) in [5.41, 5.74) is -1.78. The van der Waals surface area contributed by atoms with Gasteiger partial charge in [0.05, 0.1) is 24.8 Å². The first kappa shape index (κ1) is 17.4. The fourth-order valence-corrected chi connectivity index (χ4v) is 2.38. The highest BCUT2D eigenvalue weighted by Crippen LogP contribution is 2.33. The quantitative estimate of drug-likeness (QED) is 0.625. The van der Waals surface area contributed by atoms with E-state index in [-0.39, 0.29) is 18.8 Å². The number of nitrogens with zero attached hydrogens (tertiary/aromatic N) is 1. The molecule has 0 radical (unpaired) electrons. The van der Waals surface area contributed by atoms with Crippen molar-refractivity contribution in [1.29, 1.82) is 0 Å². The summed E-state index contributed by atoms with van der Waals surface area (Å²) in [6.07, 6.45) is -5.45. The van der Waals surface area contributed by atoms with Crippen LogP contribution < -0.4 is 0 Å². The van der Waals surface area contributed by atoms with Crippen LogP contribution >= 0.6 is 0 Å². The average Bonchev–Trinajstić information content (AvgIpc) is 2.90. The largest absolute Gasteiger partial charge is 0.419 e. The maximum absolute atomic E-state index is 14.1. The maximum atomic E-state index is 14.1. The van der Waals surface area contributed by atoms with Gasteiger partial charge < -0.3 is 9.64 Å². The molecule has 1 aromatic rings. The third kappa shape index (κ3) is 3.69. The van der Waals surface area contributed by atoms with E-state index in [2.05, 4.69) is 6.58 Å². The normalized spacial score (nSPS) is 21.3. The van der Waals surface area contributed by atoms with Crippen molar-refractivity contribution < 1.29 is 31.5 Å². The molecule has 0 unspecified atom stereocenters. The van der Waals surface area contributed by atoms with Crippen LogP contribution in [0, 0.1) is 5.82 Å². The van der Waals surface area contributed by atoms with Crippen molar-refractivity contribution in [3.05, 3.63) is 47.8 Å². The minimum absolute atomic E-state index is 0.110. The molecule has 1 amide bonds. The molecular weight excluding hydrogens is 321 g/mol. The van der Waals surface area contributed by atoms with Crippen molar-refractivity contribution >= 4 is 5.91 Å². The zero-order valence-corrected chi connectivity index (χ0v) is 11.9. The van der Waals surface area contributed by atoms with Crippen LogP contribution in [0.25, 0.3) is 0 Å². The Labute approximate surface area is 129 Å². The molecule has 0 aromatic heterocycles. The lowest BCUT2D eigenvalue weighted by atomic mass is 10.1. The van der Waals surface area contributed by atoms with Gasteiger partial charge in [0.2, 0.25) is 5.91 Å². The number of amides is 1. The standard InChI is InChI=1S/C15H14F5NO2/c1-2-13(22)21(12-8-23-7-11(12)16)6-9-4-3-5-10(14(9)17)15(18,19)20/h2-5,11-12H,1,6-8H2/t11-,12-/m1/s1. The van der Waals surface area contributed by atoms with Crippen LogP contribution in [0.15, 0.2) is 30.9 Å². The topological polar surface area (TPSA) is 29.5 Å². The summed E-state index contributed by atoms with van der Waals surface area (Å²) in [7, 11) is 0. The molecule has 1 saturated heterocycles. The van der Waals surface area contributed by atoms with Crippen molar-refractivity contribution in [3.8, 4) is 0 Å². The van der Waals surface area contributed by atoms with Gasteiger partial charge >= 0.3 is 6.18 Å². The van der Waals surface area contributed by atoms with E-state index >= 15 is 0 Å². The van der Waals surface area contributed by atoms with Gasteiger partial charge in [0.1, 0.15) is 12.0 Å². The molecule has 1 aromatic carbocycles. The predicted molar refractivity (Wildman–Crippen MR) is 71.7 cm³/mol. The molecule has 2 atom stereocenters. The van der Waals surface area contributed by atoms with Gasteiger partial charge in [0.25, 0.3) is 0 Å². The second kappa shape index (κ2) is 6.66. The number of alkyl halides is 4. The summed E-state index contributed by atoms with van der Waals surface area (Å²) in [6, 6.07) is 1.77. The van der Waals surface area contributed by atoms with Gasteiger partial charge in [0.15, 0.2) is 0 Å². The van der Waals surface area contributed by atoms with E-state index in [9.17, 15) is 26.7 Å². The minimum atomic E-state index is -4.85. The zero-order chi connectivity index (χ0) is 17.2. The van der Waals surface area contributed by atoms with E-state index in [1.165, 1.54) is 0 Å². The highest BCUT2D eigenvalue weighted by Gasteiger charge is 2.38. The molecule has 0 spiro atoms. The number of carbonyl (C=O) groups excluding carboxylic acids is 1. The summed E-state index contributed by atoms with van der Waals surface area (Å²) in [4.78, 5) is 12.8. The van der Waals surface area contributed by atoms with Crippen LogP contribution in [-0.2, 0) is 22.3 Å². The van der Waals surface area contributed by atoms with E-state index in [4.69, 9.17) is 4.74 Å². The van der Waals surface area contributed by atoms with Crippen molar-refractivity contribution in [2.75, 3.05) is 13.2 Å². The van der Waals surface area contributed by atoms with Crippen molar-refractivity contribution in [1.82, 2.24) is 4.90 Å². The van der Waals surface area contributed by atoms with Crippen LogP contribution in [0.4, 0.5) is 22.0 Å². The van der Waals surface area contributed by atoms with Crippen LogP contribution in [0.1, 0.15) is 11.1 Å². The Morgan fingerprint density at radius 3 is 2.61 bits per heavy atom. The Balaban J connectivity index is 2.33. The summed E-state index contributed by atoms with van der Waals surface area (Å²) in [5, 5.41) is 0. The molecular formula is C15H14F5NO2. The Hall–Kier alpha value is -1.96. The van der Waals surface area contributed by atoms with Gasteiger partial charge in [-0.3, -0.25) is 4.79 Å². The lowest BCUT2D eigenvalue weighted by Crippen LogP contribution is -2.44. The second-order valence-corrected chi connectivity index (χ2v) is 5.07. The molecule has 0 N–H and O–H groups in total. The smallest absolute Gasteiger partial charge is 0.376 e. The van der Waals surface area contributed by atoms with Gasteiger partial charge in [-0.25, -0.2) is 8.78 Å². The van der Waals surface area contributed by atoms with Crippen LogP contribution in [-0.4, -0.2) is 36.2 Å². The molecule has 1 aliphatic heterocycles. The van der Waals surface area contributed by atoms with Gasteiger partial charge in [0, 0.05) is 12.1 Å².